The summed E-state index contributed by atoms with van der Waals surface area (Å²) in [5.74, 6) is 0.893. The third-order valence-corrected chi connectivity index (χ3v) is 6.72. The molecule has 5 heteroatoms. The zero-order valence-corrected chi connectivity index (χ0v) is 16.6. The van der Waals surface area contributed by atoms with Crippen LogP contribution in [0.2, 0.25) is 0 Å². The Morgan fingerprint density at radius 2 is 1.81 bits per heavy atom. The van der Waals surface area contributed by atoms with Crippen molar-refractivity contribution in [3.63, 3.8) is 0 Å². The molecule has 1 aromatic rings. The molecule has 0 atom stereocenters. The van der Waals surface area contributed by atoms with Gasteiger partial charge in [-0.15, -0.1) is 0 Å². The van der Waals surface area contributed by atoms with Gasteiger partial charge in [0.1, 0.15) is 0 Å². The van der Waals surface area contributed by atoms with Crippen LogP contribution in [0.5, 0.6) is 0 Å². The minimum Gasteiger partial charge on any atom is -0.335 e. The second kappa shape index (κ2) is 8.61. The van der Waals surface area contributed by atoms with Crippen LogP contribution in [0.4, 0.5) is 4.79 Å². The highest BCUT2D eigenvalue weighted by atomic mass is 16.2. The molecule has 1 saturated carbocycles. The number of fused-ring (bicyclic) bond motifs is 1. The van der Waals surface area contributed by atoms with Gasteiger partial charge in [-0.2, -0.15) is 0 Å². The topological polar surface area (TPSA) is 56.4 Å². The molecule has 3 N–H and O–H groups in total. The van der Waals surface area contributed by atoms with E-state index in [9.17, 15) is 4.79 Å². The molecule has 2 amide bonds. The lowest BCUT2D eigenvalue weighted by atomic mass is 9.88. The van der Waals surface area contributed by atoms with E-state index in [-0.39, 0.29) is 6.03 Å². The third-order valence-electron chi connectivity index (χ3n) is 6.72. The van der Waals surface area contributed by atoms with Gasteiger partial charge in [0, 0.05) is 31.7 Å². The fraction of sp³-hybridized carbons (Fsp3) is 0.682. The van der Waals surface area contributed by atoms with Crippen molar-refractivity contribution in [1.82, 2.24) is 20.9 Å². The van der Waals surface area contributed by atoms with Crippen molar-refractivity contribution in [1.29, 1.82) is 0 Å². The second-order valence-corrected chi connectivity index (χ2v) is 8.76. The van der Waals surface area contributed by atoms with Crippen molar-refractivity contribution in [3.05, 3.63) is 34.9 Å². The Hall–Kier alpha value is -1.59. The highest BCUT2D eigenvalue weighted by Crippen LogP contribution is 2.27. The lowest BCUT2D eigenvalue weighted by Gasteiger charge is -2.40. The summed E-state index contributed by atoms with van der Waals surface area (Å²) in [6, 6.07) is 7.54. The molecule has 0 radical (unpaired) electrons. The number of urea groups is 1. The molecule has 1 aromatic carbocycles. The van der Waals surface area contributed by atoms with E-state index < -0.39 is 0 Å². The summed E-state index contributed by atoms with van der Waals surface area (Å²) in [5, 5.41) is 9.59. The van der Waals surface area contributed by atoms with E-state index in [1.165, 1.54) is 55.5 Å². The Balaban J connectivity index is 1.17. The van der Waals surface area contributed by atoms with Crippen LogP contribution >= 0.6 is 0 Å². The van der Waals surface area contributed by atoms with Crippen molar-refractivity contribution >= 4 is 6.03 Å². The number of nitrogens with zero attached hydrogens (tertiary/aromatic N) is 1. The first kappa shape index (κ1) is 18.8. The normalized spacial score (nSPS) is 26.6. The molecule has 0 unspecified atom stereocenters. The number of amides is 2. The third kappa shape index (κ3) is 4.82. The molecule has 27 heavy (non-hydrogen) atoms. The number of benzene rings is 1. The summed E-state index contributed by atoms with van der Waals surface area (Å²) in [4.78, 5) is 15.0. The molecule has 2 fully saturated rings. The first-order valence-electron chi connectivity index (χ1n) is 10.8. The maximum Gasteiger partial charge on any atom is 0.315 e. The largest absolute Gasteiger partial charge is 0.335 e. The monoisotopic (exact) mass is 370 g/mol. The molecule has 1 saturated heterocycles. The number of piperidine rings is 1. The summed E-state index contributed by atoms with van der Waals surface area (Å²) in [7, 11) is 0. The van der Waals surface area contributed by atoms with Crippen LogP contribution < -0.4 is 16.0 Å². The summed E-state index contributed by atoms with van der Waals surface area (Å²) >= 11 is 0. The van der Waals surface area contributed by atoms with Gasteiger partial charge in [-0.05, 0) is 74.2 Å². The zero-order valence-electron chi connectivity index (χ0n) is 16.6. The first-order chi connectivity index (χ1) is 13.2. The number of carbonyl (C=O) groups is 1. The van der Waals surface area contributed by atoms with Crippen molar-refractivity contribution in [2.75, 3.05) is 13.1 Å². The van der Waals surface area contributed by atoms with Gasteiger partial charge in [0.25, 0.3) is 0 Å². The molecule has 4 rings (SSSR count). The van der Waals surface area contributed by atoms with E-state index >= 15 is 0 Å². The molecule has 0 spiro atoms. The highest BCUT2D eigenvalue weighted by Gasteiger charge is 2.28. The van der Waals surface area contributed by atoms with Gasteiger partial charge in [0.15, 0.2) is 0 Å². The Morgan fingerprint density at radius 1 is 1.07 bits per heavy atom. The average Bonchev–Trinajstić information content (AvgIpc) is 3.15. The van der Waals surface area contributed by atoms with Crippen LogP contribution in [0.3, 0.4) is 0 Å². The number of likely N-dealkylation sites (tertiary alicyclic amines) is 1. The summed E-state index contributed by atoms with van der Waals surface area (Å²) in [5.41, 5.74) is 3.92. The van der Waals surface area contributed by atoms with Crippen LogP contribution in [-0.4, -0.2) is 36.1 Å². The lowest BCUT2D eigenvalue weighted by molar-refractivity contribution is 0.104. The molecule has 0 bridgehead atoms. The van der Waals surface area contributed by atoms with E-state index in [4.69, 9.17) is 0 Å². The van der Waals surface area contributed by atoms with Gasteiger partial charge in [-0.1, -0.05) is 25.1 Å². The van der Waals surface area contributed by atoms with Gasteiger partial charge in [-0.3, -0.25) is 0 Å². The standard InChI is InChI=1S/C22H34N4O/c1-16-8-10-26(11-9-16)21-6-4-20(5-7-21)25-22(27)24-13-17-2-3-18-14-23-15-19(18)12-17/h2-3,12,16,20-21,23H,4-11,13-15H2,1H3,(H2,24,25,27). The van der Waals surface area contributed by atoms with Gasteiger partial charge < -0.3 is 20.9 Å². The average molecular weight is 371 g/mol. The highest BCUT2D eigenvalue weighted by molar-refractivity contribution is 5.74. The van der Waals surface area contributed by atoms with Crippen LogP contribution in [-0.2, 0) is 19.6 Å². The number of hydrogen-bond acceptors (Lipinski definition) is 3. The molecule has 148 valence electrons. The minimum absolute atomic E-state index is 0.0242. The van der Waals surface area contributed by atoms with Crippen molar-refractivity contribution < 1.29 is 4.79 Å². The number of nitrogens with one attached hydrogen (secondary N) is 3. The SMILES string of the molecule is CC1CCN(C2CCC(NC(=O)NCc3ccc4c(c3)CNC4)CC2)CC1. The Morgan fingerprint density at radius 3 is 2.59 bits per heavy atom. The molecular formula is C22H34N4O. The molecule has 3 aliphatic rings. The van der Waals surface area contributed by atoms with Gasteiger partial charge in [0.05, 0.1) is 0 Å². The quantitative estimate of drug-likeness (QED) is 0.763. The number of carbonyl (C=O) groups excluding carboxylic acids is 1. The molecule has 0 aromatic heterocycles. The smallest absolute Gasteiger partial charge is 0.315 e. The molecule has 1 aliphatic carbocycles. The van der Waals surface area contributed by atoms with Crippen LogP contribution in [0.15, 0.2) is 18.2 Å². The van der Waals surface area contributed by atoms with Crippen LogP contribution in [0.25, 0.3) is 0 Å². The van der Waals surface area contributed by atoms with Crippen molar-refractivity contribution in [2.45, 2.75) is 77.2 Å². The maximum absolute atomic E-state index is 12.3. The van der Waals surface area contributed by atoms with Crippen molar-refractivity contribution in [2.24, 2.45) is 5.92 Å². The lowest BCUT2D eigenvalue weighted by Crippen LogP contribution is -2.48. The van der Waals surface area contributed by atoms with E-state index in [1.807, 2.05) is 0 Å². The Labute approximate surface area is 163 Å². The van der Waals surface area contributed by atoms with Crippen LogP contribution in [0.1, 0.15) is 62.1 Å². The number of rotatable bonds is 4. The van der Waals surface area contributed by atoms with E-state index in [2.05, 4.69) is 46.0 Å². The maximum atomic E-state index is 12.3. The molecule has 5 nitrogen and oxygen atoms in total. The molecule has 2 aliphatic heterocycles. The number of hydrogen-bond donors (Lipinski definition) is 3. The second-order valence-electron chi connectivity index (χ2n) is 8.76. The summed E-state index contributed by atoms with van der Waals surface area (Å²) in [6.45, 7) is 7.40. The van der Waals surface area contributed by atoms with Gasteiger partial charge >= 0.3 is 6.03 Å². The Bertz CT molecular complexity index is 646. The fourth-order valence-electron chi connectivity index (χ4n) is 4.86. The van der Waals surface area contributed by atoms with Gasteiger partial charge in [0.2, 0.25) is 0 Å². The predicted molar refractivity (Wildman–Crippen MR) is 108 cm³/mol. The minimum atomic E-state index is -0.0242. The zero-order chi connectivity index (χ0) is 18.6. The summed E-state index contributed by atoms with van der Waals surface area (Å²) < 4.78 is 0. The van der Waals surface area contributed by atoms with E-state index in [0.29, 0.717) is 12.6 Å². The Kier molecular flexibility index (Phi) is 5.98. The van der Waals surface area contributed by atoms with Crippen molar-refractivity contribution in [3.8, 4) is 0 Å². The van der Waals surface area contributed by atoms with E-state index in [1.54, 1.807) is 0 Å². The fourth-order valence-corrected chi connectivity index (χ4v) is 4.86. The first-order valence-corrected chi connectivity index (χ1v) is 10.8. The predicted octanol–water partition coefficient (Wildman–Crippen LogP) is 3.13. The summed E-state index contributed by atoms with van der Waals surface area (Å²) in [6.07, 6.45) is 7.34. The van der Waals surface area contributed by atoms with Crippen LogP contribution in [0, 0.1) is 5.92 Å². The molecular weight excluding hydrogens is 336 g/mol. The molecule has 2 heterocycles. The van der Waals surface area contributed by atoms with Gasteiger partial charge in [-0.25, -0.2) is 4.79 Å². The van der Waals surface area contributed by atoms with E-state index in [0.717, 1.165) is 37.9 Å².